The Morgan fingerprint density at radius 1 is 1.04 bits per heavy atom. The molecule has 2 aliphatic rings. The number of hydrogen-bond acceptors (Lipinski definition) is 3. The molecule has 2 atom stereocenters. The first-order chi connectivity index (χ1) is 12.2. The zero-order valence-electron chi connectivity index (χ0n) is 14.3. The molecule has 0 radical (unpaired) electrons. The number of carboxylic acids is 1. The molecule has 0 amide bonds. The van der Waals surface area contributed by atoms with E-state index in [0.717, 1.165) is 25.3 Å². The number of fused-ring (bicyclic) bond motifs is 2. The molecule has 2 unspecified atom stereocenters. The normalized spacial score (nSPS) is 24.7. The summed E-state index contributed by atoms with van der Waals surface area (Å²) in [6, 6.07) is 18.3. The summed E-state index contributed by atoms with van der Waals surface area (Å²) in [6.07, 6.45) is 2.51. The van der Waals surface area contributed by atoms with Crippen LogP contribution in [0.1, 0.15) is 28.8 Å². The molecule has 132 valence electrons. The number of likely N-dealkylation sites (tertiary alicyclic amines) is 1. The monoisotopic (exact) mass is 344 g/mol. The molecule has 2 aromatic rings. The number of anilines is 1. The van der Waals surface area contributed by atoms with Crippen molar-refractivity contribution in [1.29, 1.82) is 0 Å². The Morgan fingerprint density at radius 3 is 2.38 bits per heavy atom. The number of aromatic carboxylic acids is 1. The van der Waals surface area contributed by atoms with Gasteiger partial charge >= 0.3 is 24.8 Å². The first-order valence-electron chi connectivity index (χ1n) is 9.05. The molecule has 26 heavy (non-hydrogen) atoms. The molecule has 0 spiro atoms. The van der Waals surface area contributed by atoms with Crippen LogP contribution >= 0.6 is 0 Å². The fraction of sp³-hybridized carbons (Fsp3) is 0.381. The zero-order valence-corrected chi connectivity index (χ0v) is 14.3. The topological polar surface area (TPSA) is 52.6 Å². The molecular weight excluding hydrogens is 319 g/mol. The van der Waals surface area contributed by atoms with Gasteiger partial charge in [0.15, 0.2) is 0 Å². The van der Waals surface area contributed by atoms with Crippen LogP contribution in [0, 0.1) is 11.8 Å². The Bertz CT molecular complexity index is 739. The Labute approximate surface area is 166 Å². The van der Waals surface area contributed by atoms with Crippen molar-refractivity contribution < 1.29 is 9.90 Å². The number of rotatable bonds is 5. The second-order valence-corrected chi connectivity index (χ2v) is 7.33. The first-order valence-corrected chi connectivity index (χ1v) is 9.05. The van der Waals surface area contributed by atoms with Crippen LogP contribution in [0.15, 0.2) is 54.6 Å². The Balaban J connectivity index is 0.00000196. The van der Waals surface area contributed by atoms with E-state index in [2.05, 4.69) is 40.5 Å². The van der Waals surface area contributed by atoms with Gasteiger partial charge < -0.3 is 10.4 Å². The third-order valence-electron chi connectivity index (χ3n) is 5.60. The number of carbonyl (C=O) groups is 1. The minimum atomic E-state index is -0.871. The summed E-state index contributed by atoms with van der Waals surface area (Å²) >= 11 is 0. The van der Waals surface area contributed by atoms with E-state index in [4.69, 9.17) is 0 Å². The number of nitrogens with zero attached hydrogens (tertiary/aromatic N) is 1. The van der Waals surface area contributed by atoms with E-state index in [1.54, 1.807) is 12.1 Å². The molecule has 0 aromatic heterocycles. The molecule has 2 bridgehead atoms. The number of carboxylic acid groups (broad SMARTS) is 1. The standard InChI is InChI=1S/C21H24N2O2.Li.H/c24-21(25)16-7-4-8-19(11-16)22-20-17-9-10-18(20)14-23(13-17)12-15-5-2-1-3-6-15;;/h1-8,11,17-18,20,22H,9-10,12-14H2,(H,24,25);;. The summed E-state index contributed by atoms with van der Waals surface area (Å²) in [5, 5.41) is 12.8. The molecular formula is C21H25LiN2O2. The van der Waals surface area contributed by atoms with Gasteiger partial charge in [-0.05, 0) is 48.4 Å². The van der Waals surface area contributed by atoms with Gasteiger partial charge in [-0.25, -0.2) is 4.79 Å². The van der Waals surface area contributed by atoms with Crippen LogP contribution in [0.2, 0.25) is 0 Å². The van der Waals surface area contributed by atoms with Gasteiger partial charge in [0.25, 0.3) is 0 Å². The van der Waals surface area contributed by atoms with E-state index in [9.17, 15) is 9.90 Å². The van der Waals surface area contributed by atoms with Crippen LogP contribution in [-0.4, -0.2) is 54.0 Å². The summed E-state index contributed by atoms with van der Waals surface area (Å²) in [6.45, 7) is 3.25. The molecule has 2 N–H and O–H groups in total. The average Bonchev–Trinajstić information content (AvgIpc) is 2.85. The molecule has 1 saturated carbocycles. The Hall–Kier alpha value is -1.73. The molecule has 1 aliphatic carbocycles. The van der Waals surface area contributed by atoms with Crippen molar-refractivity contribution in [3.63, 3.8) is 0 Å². The summed E-state index contributed by atoms with van der Waals surface area (Å²) in [7, 11) is 0. The van der Waals surface area contributed by atoms with E-state index >= 15 is 0 Å². The fourth-order valence-electron chi connectivity index (χ4n) is 4.46. The molecule has 4 rings (SSSR count). The Kier molecular flexibility index (Phi) is 6.08. The van der Waals surface area contributed by atoms with Gasteiger partial charge in [-0.2, -0.15) is 0 Å². The third-order valence-corrected chi connectivity index (χ3v) is 5.60. The average molecular weight is 344 g/mol. The number of benzene rings is 2. The molecule has 5 heteroatoms. The summed E-state index contributed by atoms with van der Waals surface area (Å²) < 4.78 is 0. The molecule has 1 heterocycles. The van der Waals surface area contributed by atoms with Crippen molar-refractivity contribution in [2.24, 2.45) is 11.8 Å². The zero-order chi connectivity index (χ0) is 17.2. The Morgan fingerprint density at radius 2 is 1.73 bits per heavy atom. The number of piperidine rings is 1. The van der Waals surface area contributed by atoms with Gasteiger partial charge in [0.05, 0.1) is 5.56 Å². The second-order valence-electron chi connectivity index (χ2n) is 7.33. The van der Waals surface area contributed by atoms with Crippen LogP contribution < -0.4 is 5.32 Å². The van der Waals surface area contributed by atoms with E-state index in [0.29, 0.717) is 23.4 Å². The maximum absolute atomic E-state index is 11.2. The van der Waals surface area contributed by atoms with Gasteiger partial charge in [-0.3, -0.25) is 4.90 Å². The SMILES string of the molecule is O=C(O)c1cccc(NC2C3CCC2CN(Cc2ccccc2)C3)c1.[LiH]. The van der Waals surface area contributed by atoms with E-state index in [1.165, 1.54) is 18.4 Å². The molecule has 1 aliphatic heterocycles. The van der Waals surface area contributed by atoms with Crippen molar-refractivity contribution in [1.82, 2.24) is 4.90 Å². The summed E-state index contributed by atoms with van der Waals surface area (Å²) in [5.74, 6) is 0.399. The van der Waals surface area contributed by atoms with E-state index in [-0.39, 0.29) is 18.9 Å². The second kappa shape index (κ2) is 8.31. The van der Waals surface area contributed by atoms with Crippen molar-refractivity contribution in [2.75, 3.05) is 18.4 Å². The first kappa shape index (κ1) is 19.0. The van der Waals surface area contributed by atoms with Crippen LogP contribution in [0.25, 0.3) is 0 Å². The third kappa shape index (κ3) is 4.15. The van der Waals surface area contributed by atoms with E-state index in [1.807, 2.05) is 12.1 Å². The van der Waals surface area contributed by atoms with Crippen LogP contribution in [0.5, 0.6) is 0 Å². The molecule has 4 nitrogen and oxygen atoms in total. The predicted molar refractivity (Wildman–Crippen MR) is 106 cm³/mol. The van der Waals surface area contributed by atoms with Gasteiger partial charge in [-0.1, -0.05) is 36.4 Å². The predicted octanol–water partition coefficient (Wildman–Crippen LogP) is 3.06. The fourth-order valence-corrected chi connectivity index (χ4v) is 4.46. The van der Waals surface area contributed by atoms with Crippen LogP contribution in [0.4, 0.5) is 5.69 Å². The van der Waals surface area contributed by atoms with Gasteiger partial charge in [0, 0.05) is 31.4 Å². The van der Waals surface area contributed by atoms with E-state index < -0.39 is 5.97 Å². The number of hydrogen-bond donors (Lipinski definition) is 2. The van der Waals surface area contributed by atoms with Gasteiger partial charge in [0.1, 0.15) is 0 Å². The molecule has 1 saturated heterocycles. The quantitative estimate of drug-likeness (QED) is 0.819. The van der Waals surface area contributed by atoms with Crippen molar-refractivity contribution in [2.45, 2.75) is 25.4 Å². The van der Waals surface area contributed by atoms with Crippen molar-refractivity contribution in [3.8, 4) is 0 Å². The number of nitrogens with one attached hydrogen (secondary N) is 1. The summed E-state index contributed by atoms with van der Waals surface area (Å²) in [4.78, 5) is 13.7. The maximum atomic E-state index is 11.2. The molecule has 2 aromatic carbocycles. The van der Waals surface area contributed by atoms with Crippen molar-refractivity contribution in [3.05, 3.63) is 65.7 Å². The molecule has 2 fully saturated rings. The van der Waals surface area contributed by atoms with Gasteiger partial charge in [-0.15, -0.1) is 0 Å². The van der Waals surface area contributed by atoms with Crippen molar-refractivity contribution >= 4 is 30.5 Å². The summed E-state index contributed by atoms with van der Waals surface area (Å²) in [5.41, 5.74) is 2.65. The van der Waals surface area contributed by atoms with Crippen LogP contribution in [-0.2, 0) is 6.54 Å². The van der Waals surface area contributed by atoms with Crippen LogP contribution in [0.3, 0.4) is 0 Å². The minimum absolute atomic E-state index is 0. The van der Waals surface area contributed by atoms with Gasteiger partial charge in [0.2, 0.25) is 0 Å².